The lowest BCUT2D eigenvalue weighted by atomic mass is 10.0. The molecule has 2 fully saturated rings. The molecule has 2 atom stereocenters. The molecule has 4 aromatic carbocycles. The van der Waals surface area contributed by atoms with Gasteiger partial charge in [-0.1, -0.05) is 35.9 Å². The summed E-state index contributed by atoms with van der Waals surface area (Å²) in [5.74, 6) is 1.49. The van der Waals surface area contributed by atoms with Crippen LogP contribution in [0.25, 0.3) is 22.4 Å². The minimum atomic E-state index is -0.114. The summed E-state index contributed by atoms with van der Waals surface area (Å²) in [6.07, 6.45) is 6.21. The average Bonchev–Trinajstić information content (AvgIpc) is 3.91. The molecule has 5 heterocycles. The Morgan fingerprint density at radius 3 is 2.58 bits per heavy atom. The van der Waals surface area contributed by atoms with Crippen LogP contribution in [0.2, 0.25) is 5.02 Å². The van der Waals surface area contributed by atoms with Crippen LogP contribution in [-0.2, 0) is 27.2 Å². The smallest absolute Gasteiger partial charge is 0.318 e. The van der Waals surface area contributed by atoms with Crippen LogP contribution in [0.3, 0.4) is 0 Å². The Balaban J connectivity index is 0.731. The van der Waals surface area contributed by atoms with Gasteiger partial charge in [-0.15, -0.1) is 0 Å². The lowest BCUT2D eigenvalue weighted by molar-refractivity contribution is -0.110. The second kappa shape index (κ2) is 22.6. The third kappa shape index (κ3) is 11.5. The Morgan fingerprint density at radius 2 is 1.75 bits per heavy atom. The molecule has 4 aliphatic rings. The maximum atomic E-state index is 12.7. The number of hydrogen-bond donors (Lipinski definition) is 2. The Bertz CT molecular complexity index is 2660. The molecule has 2 saturated heterocycles. The molecule has 5 aromatic rings. The minimum Gasteiger partial charge on any atom is -0.489 e. The van der Waals surface area contributed by atoms with Crippen molar-refractivity contribution < 1.29 is 23.7 Å². The lowest BCUT2D eigenvalue weighted by Crippen LogP contribution is -2.51. The summed E-state index contributed by atoms with van der Waals surface area (Å²) in [6, 6.07) is 25.3. The van der Waals surface area contributed by atoms with Crippen molar-refractivity contribution in [2.75, 3.05) is 94.0 Å². The van der Waals surface area contributed by atoms with Crippen LogP contribution in [0, 0.1) is 14.9 Å². The molecular formula is C50H52Br2ClIN8O5. The summed E-state index contributed by atoms with van der Waals surface area (Å²) in [5.41, 5.74) is 6.46. The van der Waals surface area contributed by atoms with Crippen molar-refractivity contribution in [1.29, 1.82) is 5.26 Å². The van der Waals surface area contributed by atoms with E-state index in [0.29, 0.717) is 76.5 Å². The summed E-state index contributed by atoms with van der Waals surface area (Å²) in [5, 5.41) is 18.8. The van der Waals surface area contributed by atoms with Crippen LogP contribution >= 0.6 is 66.1 Å². The summed E-state index contributed by atoms with van der Waals surface area (Å²) in [4.78, 5) is 30.1. The van der Waals surface area contributed by atoms with E-state index >= 15 is 0 Å². The number of aromatic nitrogens is 2. The molecule has 0 saturated carbocycles. The number of hydrogen-bond acceptors (Lipinski definition) is 12. The van der Waals surface area contributed by atoms with Crippen LogP contribution in [0.4, 0.5) is 17.2 Å². The summed E-state index contributed by atoms with van der Waals surface area (Å²) in [6.45, 7) is 8.62. The van der Waals surface area contributed by atoms with Crippen LogP contribution < -0.4 is 29.9 Å². The highest BCUT2D eigenvalue weighted by molar-refractivity contribution is 14.1. The maximum absolute atomic E-state index is 12.7. The highest BCUT2D eigenvalue weighted by Gasteiger charge is 2.31. The van der Waals surface area contributed by atoms with E-state index in [1.165, 1.54) is 0 Å². The fourth-order valence-corrected chi connectivity index (χ4v) is 11.7. The molecule has 4 aliphatic heterocycles. The van der Waals surface area contributed by atoms with Crippen molar-refractivity contribution in [1.82, 2.24) is 20.2 Å². The van der Waals surface area contributed by atoms with Crippen molar-refractivity contribution in [2.45, 2.75) is 50.7 Å². The molecule has 0 bridgehead atoms. The first-order chi connectivity index (χ1) is 32.7. The van der Waals surface area contributed by atoms with Gasteiger partial charge in [-0.2, -0.15) is 15.2 Å². The molecular weight excluding hydrogens is 1110 g/mol. The minimum absolute atomic E-state index is 0.0829. The predicted octanol–water partition coefficient (Wildman–Crippen LogP) is 9.51. The molecule has 1 unspecified atom stereocenters. The molecule has 0 spiro atoms. The van der Waals surface area contributed by atoms with Gasteiger partial charge < -0.3 is 39.4 Å². The zero-order valence-electron chi connectivity index (χ0n) is 37.0. The fraction of sp³-hybridized carbons (Fsp3) is 0.400. The van der Waals surface area contributed by atoms with Crippen LogP contribution in [0.15, 0.2) is 75.7 Å². The number of carbonyl (C=O) groups excluding carboxylic acids is 1. The Labute approximate surface area is 426 Å². The molecule has 67 heavy (non-hydrogen) atoms. The Morgan fingerprint density at radius 1 is 0.940 bits per heavy atom. The second-order valence-corrected chi connectivity index (χ2v) is 20.4. The van der Waals surface area contributed by atoms with Gasteiger partial charge in [0.15, 0.2) is 0 Å². The number of halogens is 4. The van der Waals surface area contributed by atoms with Gasteiger partial charge in [0.2, 0.25) is 0 Å². The van der Waals surface area contributed by atoms with Gasteiger partial charge in [0.1, 0.15) is 24.8 Å². The van der Waals surface area contributed by atoms with Gasteiger partial charge in [0, 0.05) is 88.4 Å². The van der Waals surface area contributed by atoms with Gasteiger partial charge in [0.05, 0.1) is 58.5 Å². The molecule has 13 nitrogen and oxygen atoms in total. The van der Waals surface area contributed by atoms with Gasteiger partial charge >= 0.3 is 6.01 Å². The highest BCUT2D eigenvalue weighted by Crippen LogP contribution is 2.40. The number of piperazine rings is 1. The molecule has 350 valence electrons. The van der Waals surface area contributed by atoms with E-state index in [2.05, 4.69) is 110 Å². The van der Waals surface area contributed by atoms with Crippen molar-refractivity contribution in [3.05, 3.63) is 107 Å². The summed E-state index contributed by atoms with van der Waals surface area (Å²) in [7, 11) is 0. The number of benzene rings is 4. The van der Waals surface area contributed by atoms with E-state index in [4.69, 9.17) is 40.5 Å². The molecule has 9 rings (SSSR count). The molecule has 0 radical (unpaired) electrons. The third-order valence-corrected chi connectivity index (χ3v) is 14.8. The molecule has 0 aliphatic carbocycles. The van der Waals surface area contributed by atoms with Crippen molar-refractivity contribution in [2.24, 2.45) is 0 Å². The predicted molar refractivity (Wildman–Crippen MR) is 279 cm³/mol. The number of anilines is 3. The van der Waals surface area contributed by atoms with Gasteiger partial charge in [-0.3, -0.25) is 9.69 Å². The standard InChI is InChI=1S/C50H52Br2ClIN8O5/c51-40-26-32(25-39-38-28-34(54)10-11-43(38)57-49(39)63)27-41(52)47(40)66-24-23-65-22-21-64-20-4-17-60-16-3-7-36(60)31-67-50-58-44-30-61(45-9-2-6-33-5-1-8-42(53)46(33)45)18-13-37(44)48(59-50)62-19-15-56-35(29-62)12-14-55/h1-2,5-6,8-11,25-28,35-36,56H,3-4,7,12-13,15-24,29-31H2,(H,57,63)/b39-25-/t35-,36?/m0/s1. The quantitative estimate of drug-likeness (QED) is 0.0491. The number of carbonyl (C=O) groups is 1. The first-order valence-corrected chi connectivity index (χ1v) is 25.9. The summed E-state index contributed by atoms with van der Waals surface area (Å²) < 4.78 is 27.0. The summed E-state index contributed by atoms with van der Waals surface area (Å²) >= 11 is 16.3. The van der Waals surface area contributed by atoms with Crippen molar-refractivity contribution in [3.8, 4) is 17.8 Å². The largest absolute Gasteiger partial charge is 0.489 e. The molecule has 2 N–H and O–H groups in total. The maximum Gasteiger partial charge on any atom is 0.318 e. The van der Waals surface area contributed by atoms with E-state index in [1.807, 2.05) is 48.5 Å². The van der Waals surface area contributed by atoms with E-state index in [1.54, 1.807) is 0 Å². The molecule has 17 heteroatoms. The zero-order chi connectivity index (χ0) is 46.3. The number of likely N-dealkylation sites (tertiary alicyclic amines) is 1. The lowest BCUT2D eigenvalue weighted by Gasteiger charge is -2.37. The molecule has 1 aromatic heterocycles. The van der Waals surface area contributed by atoms with E-state index in [0.717, 1.165) is 126 Å². The Kier molecular flexibility index (Phi) is 16.2. The van der Waals surface area contributed by atoms with E-state index < -0.39 is 0 Å². The number of fused-ring (bicyclic) bond motifs is 3. The monoisotopic (exact) mass is 1160 g/mol. The number of nitriles is 1. The number of rotatable bonds is 18. The van der Waals surface area contributed by atoms with Crippen molar-refractivity contribution >= 4 is 112 Å². The SMILES string of the molecule is N#CC[C@H]1CN(c2nc(OCC3CCCN3CCCOCCOCCOc3c(Br)cc(/C=C4\C(=O)Nc5ccc(I)cc54)cc3Br)nc3c2CCN(c2cccc4cccc(Cl)c24)C3)CCN1. The fourth-order valence-electron chi connectivity index (χ4n) is 9.44. The number of ether oxygens (including phenoxy) is 4. The highest BCUT2D eigenvalue weighted by atomic mass is 127. The van der Waals surface area contributed by atoms with E-state index in [9.17, 15) is 10.1 Å². The first-order valence-electron chi connectivity index (χ1n) is 22.9. The van der Waals surface area contributed by atoms with E-state index in [-0.39, 0.29) is 18.0 Å². The zero-order valence-corrected chi connectivity index (χ0v) is 43.1. The second-order valence-electron chi connectivity index (χ2n) is 17.1. The normalized spacial score (nSPS) is 18.9. The third-order valence-electron chi connectivity index (χ3n) is 12.7. The molecule has 1 amide bonds. The van der Waals surface area contributed by atoms with Crippen LogP contribution in [-0.4, -0.2) is 112 Å². The number of nitrogens with one attached hydrogen (secondary N) is 2. The van der Waals surface area contributed by atoms with Crippen LogP contribution in [0.5, 0.6) is 11.8 Å². The topological polar surface area (TPSA) is 137 Å². The first kappa shape index (κ1) is 48.0. The van der Waals surface area contributed by atoms with Gasteiger partial charge in [-0.05, 0) is 146 Å². The Hall–Kier alpha value is -4.06. The van der Waals surface area contributed by atoms with Crippen LogP contribution in [0.1, 0.15) is 48.1 Å². The van der Waals surface area contributed by atoms with Crippen molar-refractivity contribution in [3.63, 3.8) is 0 Å². The number of nitrogens with zero attached hydrogens (tertiary/aromatic N) is 6. The number of amides is 1. The average molecular weight is 1170 g/mol. The van der Waals surface area contributed by atoms with Gasteiger partial charge in [0.25, 0.3) is 5.91 Å². The van der Waals surface area contributed by atoms with Gasteiger partial charge in [-0.25, -0.2) is 0 Å².